The first-order valence-electron chi connectivity index (χ1n) is 9.49. The lowest BCUT2D eigenvalue weighted by atomic mass is 10.0. The molecule has 2 aromatic carbocycles. The van der Waals surface area contributed by atoms with Gasteiger partial charge in [-0.1, -0.05) is 12.1 Å². The van der Waals surface area contributed by atoms with E-state index in [2.05, 4.69) is 12.1 Å². The van der Waals surface area contributed by atoms with Gasteiger partial charge in [0.2, 0.25) is 0 Å². The van der Waals surface area contributed by atoms with Crippen LogP contribution in [0.15, 0.2) is 59.3 Å². The zero-order valence-corrected chi connectivity index (χ0v) is 17.7. The van der Waals surface area contributed by atoms with Crippen LogP contribution in [0.5, 0.6) is 0 Å². The number of carbonyl (C=O) groups excluding carboxylic acids is 1. The third-order valence-electron chi connectivity index (χ3n) is 4.84. The van der Waals surface area contributed by atoms with Gasteiger partial charge in [0.1, 0.15) is 5.83 Å². The minimum absolute atomic E-state index is 0.0977. The van der Waals surface area contributed by atoms with E-state index in [9.17, 15) is 9.18 Å². The fraction of sp³-hybridized carbons (Fsp3) is 0.261. The predicted molar refractivity (Wildman–Crippen MR) is 118 cm³/mol. The van der Waals surface area contributed by atoms with Gasteiger partial charge < -0.3 is 15.0 Å². The van der Waals surface area contributed by atoms with Crippen LogP contribution < -0.4 is 5.73 Å². The van der Waals surface area contributed by atoms with E-state index in [0.717, 1.165) is 32.6 Å². The van der Waals surface area contributed by atoms with Crippen LogP contribution in [0.3, 0.4) is 0 Å². The Kier molecular flexibility index (Phi) is 6.77. The van der Waals surface area contributed by atoms with Crippen LogP contribution in [0.2, 0.25) is 0 Å². The molecule has 3 aromatic rings. The topological polar surface area (TPSA) is 57.2 Å². The van der Waals surface area contributed by atoms with Gasteiger partial charge in [-0.15, -0.1) is 11.8 Å². The average molecular weight is 413 g/mol. The van der Waals surface area contributed by atoms with E-state index in [4.69, 9.17) is 10.5 Å². The standard InChI is InChI=1S/C23H25FN2O2S/c1-4-28-23(27)17-8-9-21-20(13-17)22(16-6-5-7-19(12-16)29-3)15(2)26(21)14-18(24)10-11-25/h5-10,12-13H,4,11,14,25H2,1-3H3/b18-10-. The number of benzene rings is 2. The van der Waals surface area contributed by atoms with Crippen LogP contribution in [0.1, 0.15) is 23.0 Å². The first-order chi connectivity index (χ1) is 14.0. The number of nitrogens with two attached hydrogens (primary N) is 1. The van der Waals surface area contributed by atoms with Crippen LogP contribution in [-0.2, 0) is 11.3 Å². The molecule has 0 amide bonds. The Bertz CT molecular complexity index is 1070. The second-order valence-corrected chi connectivity index (χ2v) is 7.50. The van der Waals surface area contributed by atoms with Crippen LogP contribution in [0.25, 0.3) is 22.0 Å². The SMILES string of the molecule is CCOC(=O)c1ccc2c(c1)c(-c1cccc(SC)c1)c(C)n2C/C(F)=C/CN. The summed E-state index contributed by atoms with van der Waals surface area (Å²) in [5, 5.41) is 0.895. The molecule has 1 aromatic heterocycles. The second-order valence-electron chi connectivity index (χ2n) is 6.62. The van der Waals surface area contributed by atoms with Crippen molar-refractivity contribution in [3.63, 3.8) is 0 Å². The molecule has 0 unspecified atom stereocenters. The van der Waals surface area contributed by atoms with E-state index < -0.39 is 0 Å². The van der Waals surface area contributed by atoms with E-state index in [1.807, 2.05) is 42.0 Å². The minimum Gasteiger partial charge on any atom is -0.462 e. The molecule has 0 saturated carbocycles. The largest absolute Gasteiger partial charge is 0.462 e. The Hall–Kier alpha value is -2.57. The highest BCUT2D eigenvalue weighted by molar-refractivity contribution is 7.98. The van der Waals surface area contributed by atoms with Gasteiger partial charge in [0.25, 0.3) is 0 Å². The third-order valence-corrected chi connectivity index (χ3v) is 5.57. The maximum absolute atomic E-state index is 14.3. The summed E-state index contributed by atoms with van der Waals surface area (Å²) in [6.45, 7) is 4.32. The van der Waals surface area contributed by atoms with Crippen molar-refractivity contribution >= 4 is 28.6 Å². The number of nitrogens with zero attached hydrogens (tertiary/aromatic N) is 1. The molecule has 2 N–H and O–H groups in total. The zero-order chi connectivity index (χ0) is 21.0. The van der Waals surface area contributed by atoms with Gasteiger partial charge >= 0.3 is 5.97 Å². The van der Waals surface area contributed by atoms with Crippen molar-refractivity contribution < 1.29 is 13.9 Å². The summed E-state index contributed by atoms with van der Waals surface area (Å²) in [6, 6.07) is 13.6. The smallest absolute Gasteiger partial charge is 0.338 e. The highest BCUT2D eigenvalue weighted by Gasteiger charge is 2.19. The Morgan fingerprint density at radius 2 is 2.07 bits per heavy atom. The molecule has 29 heavy (non-hydrogen) atoms. The highest BCUT2D eigenvalue weighted by Crippen LogP contribution is 2.37. The summed E-state index contributed by atoms with van der Waals surface area (Å²) in [4.78, 5) is 13.4. The maximum atomic E-state index is 14.3. The van der Waals surface area contributed by atoms with Crippen molar-refractivity contribution in [3.8, 4) is 11.1 Å². The summed E-state index contributed by atoms with van der Waals surface area (Å²) >= 11 is 1.66. The molecule has 0 spiro atoms. The lowest BCUT2D eigenvalue weighted by Crippen LogP contribution is -2.05. The summed E-state index contributed by atoms with van der Waals surface area (Å²) in [5.41, 5.74) is 9.76. The lowest BCUT2D eigenvalue weighted by Gasteiger charge is -2.08. The van der Waals surface area contributed by atoms with Gasteiger partial charge in [-0.25, -0.2) is 9.18 Å². The number of rotatable bonds is 7. The van der Waals surface area contributed by atoms with Gasteiger partial charge in [-0.05, 0) is 62.1 Å². The molecule has 1 heterocycles. The fourth-order valence-corrected chi connectivity index (χ4v) is 3.97. The number of thioether (sulfide) groups is 1. The maximum Gasteiger partial charge on any atom is 0.338 e. The molecule has 3 rings (SSSR count). The Labute approximate surface area is 174 Å². The van der Waals surface area contributed by atoms with Crippen molar-refractivity contribution in [3.05, 3.63) is 65.6 Å². The van der Waals surface area contributed by atoms with Gasteiger partial charge in [-0.2, -0.15) is 0 Å². The summed E-state index contributed by atoms with van der Waals surface area (Å²) < 4.78 is 21.4. The number of esters is 1. The average Bonchev–Trinajstić information content (AvgIpc) is 2.99. The van der Waals surface area contributed by atoms with Crippen molar-refractivity contribution in [2.24, 2.45) is 5.73 Å². The van der Waals surface area contributed by atoms with E-state index in [1.54, 1.807) is 24.8 Å². The first kappa shape index (κ1) is 21.1. The molecule has 6 heteroatoms. The van der Waals surface area contributed by atoms with E-state index in [-0.39, 0.29) is 24.9 Å². The molecular weight excluding hydrogens is 387 g/mol. The molecule has 0 aliphatic carbocycles. The van der Waals surface area contributed by atoms with Gasteiger partial charge in [0, 0.05) is 33.6 Å². The zero-order valence-electron chi connectivity index (χ0n) is 16.9. The molecule has 0 radical (unpaired) electrons. The van der Waals surface area contributed by atoms with Gasteiger partial charge in [0.15, 0.2) is 0 Å². The van der Waals surface area contributed by atoms with Crippen molar-refractivity contribution in [1.29, 1.82) is 0 Å². The number of hydrogen-bond acceptors (Lipinski definition) is 4. The monoisotopic (exact) mass is 412 g/mol. The van der Waals surface area contributed by atoms with Gasteiger partial charge in [0.05, 0.1) is 18.7 Å². The van der Waals surface area contributed by atoms with Crippen LogP contribution in [0.4, 0.5) is 4.39 Å². The molecule has 152 valence electrons. The number of hydrogen-bond donors (Lipinski definition) is 1. The fourth-order valence-electron chi connectivity index (χ4n) is 3.51. The van der Waals surface area contributed by atoms with E-state index >= 15 is 0 Å². The molecule has 0 fully saturated rings. The van der Waals surface area contributed by atoms with Crippen molar-refractivity contribution in [2.45, 2.75) is 25.3 Å². The Morgan fingerprint density at radius 1 is 1.28 bits per heavy atom. The molecule has 0 atom stereocenters. The molecule has 0 bridgehead atoms. The number of halogens is 1. The minimum atomic E-state index is -0.363. The molecule has 0 aliphatic heterocycles. The number of aromatic nitrogens is 1. The summed E-state index contributed by atoms with van der Waals surface area (Å²) in [7, 11) is 0. The van der Waals surface area contributed by atoms with E-state index in [1.165, 1.54) is 6.08 Å². The second kappa shape index (κ2) is 9.29. The van der Waals surface area contributed by atoms with Crippen LogP contribution in [0, 0.1) is 6.92 Å². The summed E-state index contributed by atoms with van der Waals surface area (Å²) in [6.07, 6.45) is 3.41. The quantitative estimate of drug-likeness (QED) is 0.421. The highest BCUT2D eigenvalue weighted by atomic mass is 32.2. The third kappa shape index (κ3) is 4.38. The van der Waals surface area contributed by atoms with Crippen molar-refractivity contribution in [2.75, 3.05) is 19.4 Å². The van der Waals surface area contributed by atoms with Crippen LogP contribution >= 0.6 is 11.8 Å². The Morgan fingerprint density at radius 3 is 2.76 bits per heavy atom. The molecule has 4 nitrogen and oxygen atoms in total. The Balaban J connectivity index is 2.25. The first-order valence-corrected chi connectivity index (χ1v) is 10.7. The van der Waals surface area contributed by atoms with Gasteiger partial charge in [-0.3, -0.25) is 0 Å². The van der Waals surface area contributed by atoms with Crippen LogP contribution in [-0.4, -0.2) is 29.9 Å². The number of fused-ring (bicyclic) bond motifs is 1. The number of allylic oxidation sites excluding steroid dienone is 1. The lowest BCUT2D eigenvalue weighted by molar-refractivity contribution is 0.0526. The summed E-state index contributed by atoms with van der Waals surface area (Å²) in [5.74, 6) is -0.649. The number of ether oxygens (including phenoxy) is 1. The molecular formula is C23H25FN2O2S. The molecule has 0 saturated heterocycles. The van der Waals surface area contributed by atoms with E-state index in [0.29, 0.717) is 12.2 Å². The molecule has 0 aliphatic rings. The number of carbonyl (C=O) groups is 1. The normalized spacial score (nSPS) is 11.8. The van der Waals surface area contributed by atoms with Crippen molar-refractivity contribution in [1.82, 2.24) is 4.57 Å². The predicted octanol–water partition coefficient (Wildman–Crippen LogP) is 5.33.